The van der Waals surface area contributed by atoms with Crippen LogP contribution in [0.2, 0.25) is 0 Å². The zero-order chi connectivity index (χ0) is 44.6. The van der Waals surface area contributed by atoms with Crippen LogP contribution in [0, 0.1) is 20.2 Å². The molecular formula is C26H48Br4N12O13P2. The predicted octanol–water partition coefficient (Wildman–Crippen LogP) is 4.61. The lowest BCUT2D eigenvalue weighted by atomic mass is 10.4. The minimum atomic E-state index is -3.29. The Labute approximate surface area is 362 Å². The van der Waals surface area contributed by atoms with Crippen molar-refractivity contribution < 1.29 is 52.6 Å². The lowest BCUT2D eigenvalue weighted by Gasteiger charge is -2.19. The maximum Gasteiger partial charge on any atom is 0.452 e. The van der Waals surface area contributed by atoms with E-state index in [1.807, 2.05) is 13.8 Å². The van der Waals surface area contributed by atoms with Gasteiger partial charge in [0.25, 0.3) is 0 Å². The van der Waals surface area contributed by atoms with Crippen LogP contribution in [0.3, 0.4) is 0 Å². The van der Waals surface area contributed by atoms with Crippen LogP contribution in [-0.4, -0.2) is 111 Å². The highest BCUT2D eigenvalue weighted by Gasteiger charge is 2.25. The van der Waals surface area contributed by atoms with Gasteiger partial charge in [-0.1, -0.05) is 78.8 Å². The Morgan fingerprint density at radius 1 is 0.860 bits per heavy atom. The van der Waals surface area contributed by atoms with Crippen LogP contribution in [0.25, 0.3) is 0 Å². The summed E-state index contributed by atoms with van der Waals surface area (Å²) >= 11 is 12.7. The first-order valence-corrected chi connectivity index (χ1v) is 23.8. The molecule has 1 amide bonds. The molecular weight excluding hydrogens is 1070 g/mol. The summed E-state index contributed by atoms with van der Waals surface area (Å²) in [6.45, 7) is 8.78. The van der Waals surface area contributed by atoms with Gasteiger partial charge in [0, 0.05) is 47.5 Å². The van der Waals surface area contributed by atoms with E-state index in [0.717, 1.165) is 0 Å². The van der Waals surface area contributed by atoms with Crippen LogP contribution in [0.4, 0.5) is 16.7 Å². The number of halogens is 4. The monoisotopic (exact) mass is 1110 g/mol. The fraction of sp³-hybridized carbons (Fsp3) is 0.692. The molecule has 2 heterocycles. The molecule has 0 aliphatic carbocycles. The lowest BCUT2D eigenvalue weighted by Crippen LogP contribution is -2.27. The number of imidazole rings is 2. The topological polar surface area (TPSA) is 339 Å². The lowest BCUT2D eigenvalue weighted by molar-refractivity contribution is -0.396. The van der Waals surface area contributed by atoms with Crippen molar-refractivity contribution in [1.29, 1.82) is 0 Å². The van der Waals surface area contributed by atoms with Gasteiger partial charge in [-0.3, -0.25) is 13.7 Å². The first kappa shape index (κ1) is 59.1. The Morgan fingerprint density at radius 2 is 1.25 bits per heavy atom. The van der Waals surface area contributed by atoms with Gasteiger partial charge < -0.3 is 35.0 Å². The number of aliphatic hydroxyl groups excluding tert-OH is 1. The number of hydrogen-bond acceptors (Lipinski definition) is 15. The number of carbonyl (C=O) groups is 1. The molecule has 2 aromatic rings. The number of aliphatic hydroxyl groups is 1. The van der Waals surface area contributed by atoms with Crippen molar-refractivity contribution in [3.8, 4) is 0 Å². The molecule has 2 rings (SSSR count). The van der Waals surface area contributed by atoms with Crippen molar-refractivity contribution in [1.82, 2.24) is 39.5 Å². The number of carbonyl (C=O) groups excluding carboxylic acids is 3. The molecule has 0 aliphatic rings. The average molecular weight is 1120 g/mol. The SMILES string of the molecule is CC(C)N=NC(=O)OC(C)C.Cn1c(CO)cnc1[N+](=O)[O-].Cn1c(COP(=O)(NCCBr)NCCBr)cnc1[N+](=O)[O-].O=C=O.O=P(O)(NCCBr)NCCBr. The molecule has 6 N–H and O–H groups in total. The number of amides is 1. The maximum atomic E-state index is 12.5. The van der Waals surface area contributed by atoms with Gasteiger partial charge >= 0.3 is 39.5 Å². The minimum Gasteiger partial charge on any atom is -0.444 e. The van der Waals surface area contributed by atoms with E-state index in [2.05, 4.69) is 104 Å². The van der Waals surface area contributed by atoms with Crippen molar-refractivity contribution >= 4 is 103 Å². The molecule has 0 saturated carbocycles. The molecule has 0 aromatic carbocycles. The van der Waals surface area contributed by atoms with Crippen LogP contribution < -0.4 is 20.3 Å². The Kier molecular flexibility index (Phi) is 35.9. The molecule has 0 radical (unpaired) electrons. The maximum absolute atomic E-state index is 12.5. The summed E-state index contributed by atoms with van der Waals surface area (Å²) in [6, 6.07) is 0.0368. The fourth-order valence-corrected chi connectivity index (χ4v) is 7.38. The second-order valence-electron chi connectivity index (χ2n) is 10.5. The molecule has 57 heavy (non-hydrogen) atoms. The quantitative estimate of drug-likeness (QED) is 0.0347. The molecule has 0 atom stereocenters. The van der Waals surface area contributed by atoms with Gasteiger partial charge in [-0.15, -0.1) is 0 Å². The van der Waals surface area contributed by atoms with Crippen LogP contribution >= 0.6 is 79.1 Å². The first-order chi connectivity index (χ1) is 26.7. The second-order valence-corrected chi connectivity index (χ2v) is 17.5. The average Bonchev–Trinajstić information content (AvgIpc) is 3.72. The van der Waals surface area contributed by atoms with Gasteiger partial charge in [-0.05, 0) is 37.5 Å². The largest absolute Gasteiger partial charge is 0.452 e. The third-order valence-electron chi connectivity index (χ3n) is 5.38. The number of nitrogens with one attached hydrogen (secondary N) is 4. The number of ether oxygens (including phenoxy) is 1. The van der Waals surface area contributed by atoms with Crippen molar-refractivity contribution in [2.45, 2.75) is 53.1 Å². The number of alkyl halides is 4. The summed E-state index contributed by atoms with van der Waals surface area (Å²) in [6.07, 6.45) is 2.11. The molecule has 0 spiro atoms. The van der Waals surface area contributed by atoms with Crippen LogP contribution in [0.15, 0.2) is 22.6 Å². The molecule has 0 saturated heterocycles. The van der Waals surface area contributed by atoms with Gasteiger partial charge in [-0.2, -0.15) is 14.7 Å². The van der Waals surface area contributed by atoms with E-state index in [9.17, 15) is 34.2 Å². The van der Waals surface area contributed by atoms with E-state index in [0.29, 0.717) is 58.9 Å². The summed E-state index contributed by atoms with van der Waals surface area (Å²) in [7, 11) is -3.52. The number of nitro groups is 2. The van der Waals surface area contributed by atoms with E-state index < -0.39 is 31.3 Å². The van der Waals surface area contributed by atoms with Crippen molar-refractivity contribution in [2.24, 2.45) is 24.3 Å². The number of rotatable bonds is 20. The van der Waals surface area contributed by atoms with Crippen molar-refractivity contribution in [2.75, 3.05) is 47.5 Å². The molecule has 0 fully saturated rings. The second kappa shape index (κ2) is 34.6. The third-order valence-corrected chi connectivity index (χ3v) is 10.0. The first-order valence-electron chi connectivity index (χ1n) is 16.0. The van der Waals surface area contributed by atoms with Gasteiger partial charge in [-0.25, -0.2) is 34.3 Å². The number of aromatic nitrogens is 4. The minimum absolute atomic E-state index is 0.0368. The van der Waals surface area contributed by atoms with E-state index in [4.69, 9.17) is 28.8 Å². The number of azo groups is 1. The van der Waals surface area contributed by atoms with Gasteiger partial charge in [0.2, 0.25) is 0 Å². The molecule has 31 heteroatoms. The molecule has 0 unspecified atom stereocenters. The molecule has 328 valence electrons. The fourth-order valence-electron chi connectivity index (χ4n) is 3.00. The third kappa shape index (κ3) is 30.5. The summed E-state index contributed by atoms with van der Waals surface area (Å²) in [5.74, 6) is -0.542. The number of hydrogen-bond donors (Lipinski definition) is 6. The Bertz CT molecular complexity index is 1590. The molecule has 0 bridgehead atoms. The Morgan fingerprint density at radius 3 is 1.56 bits per heavy atom. The Balaban J connectivity index is -0.000000699. The van der Waals surface area contributed by atoms with Gasteiger partial charge in [0.1, 0.15) is 37.0 Å². The zero-order valence-electron chi connectivity index (χ0n) is 31.7. The zero-order valence-corrected chi connectivity index (χ0v) is 39.9. The van der Waals surface area contributed by atoms with Crippen LogP contribution in [0.1, 0.15) is 39.1 Å². The van der Waals surface area contributed by atoms with E-state index in [1.54, 1.807) is 13.8 Å². The summed E-state index contributed by atoms with van der Waals surface area (Å²) in [4.78, 5) is 62.9. The van der Waals surface area contributed by atoms with E-state index in [-0.39, 0.29) is 43.4 Å². The highest BCUT2D eigenvalue weighted by molar-refractivity contribution is 9.09. The Hall–Kier alpha value is -2.23. The molecule has 0 aliphatic heterocycles. The molecule has 25 nitrogen and oxygen atoms in total. The van der Waals surface area contributed by atoms with E-state index in [1.165, 1.54) is 35.6 Å². The highest BCUT2D eigenvalue weighted by atomic mass is 79.9. The summed E-state index contributed by atoms with van der Waals surface area (Å²) < 4.78 is 36.2. The standard InChI is InChI=1S/C9H16Br2N5O4P.C7H14N2O2.C5H7N3O3.C4H11Br2N2O2P.CO2/c1-15-8(6-12-9(15)16(17)18)7-20-21(19,13-4-2-10)14-5-3-11;1-5(2)8-9-7(10)11-6(3)4;1-7-4(3-9)2-6-5(7)8(10)11;5-1-3-7-11(9,10)8-4-2-6;2-1-3/h6H,2-5,7H2,1H3,(H2,13,14,19);5-6H,1-4H3;2,9H,3H2,1H3;1-4H2,(H3,7,8,9,10);. The normalized spacial score (nSPS) is 10.9. The summed E-state index contributed by atoms with van der Waals surface area (Å²) in [5.41, 5.74) is 0.889. The smallest absolute Gasteiger partial charge is 0.444 e. The predicted molar refractivity (Wildman–Crippen MR) is 222 cm³/mol. The van der Waals surface area contributed by atoms with Crippen molar-refractivity contribution in [3.63, 3.8) is 0 Å². The number of nitrogens with zero attached hydrogens (tertiary/aromatic N) is 8. The molecule has 2 aromatic heterocycles. The summed E-state index contributed by atoms with van der Waals surface area (Å²) in [5, 5.41) is 49.6. The highest BCUT2D eigenvalue weighted by Crippen LogP contribution is 2.38. The van der Waals surface area contributed by atoms with E-state index >= 15 is 0 Å². The van der Waals surface area contributed by atoms with Crippen molar-refractivity contribution in [3.05, 3.63) is 44.0 Å². The van der Waals surface area contributed by atoms with Gasteiger partial charge in [0.05, 0.1) is 26.2 Å². The van der Waals surface area contributed by atoms with Crippen LogP contribution in [0.5, 0.6) is 0 Å². The van der Waals surface area contributed by atoms with Gasteiger partial charge in [0.15, 0.2) is 0 Å². The van der Waals surface area contributed by atoms with Crippen LogP contribution in [-0.2, 0) is 55.3 Å².